The lowest BCUT2D eigenvalue weighted by molar-refractivity contribution is 0.425. The van der Waals surface area contributed by atoms with Crippen molar-refractivity contribution in [3.8, 4) is 0 Å². The van der Waals surface area contributed by atoms with Crippen LogP contribution in [0.5, 0.6) is 0 Å². The summed E-state index contributed by atoms with van der Waals surface area (Å²) in [5.41, 5.74) is 1.49. The van der Waals surface area contributed by atoms with Crippen LogP contribution in [0.4, 0.5) is 0 Å². The number of aryl methyl sites for hydroxylation is 1. The van der Waals surface area contributed by atoms with Crippen molar-refractivity contribution in [3.63, 3.8) is 0 Å². The van der Waals surface area contributed by atoms with E-state index in [9.17, 15) is 0 Å². The van der Waals surface area contributed by atoms with Crippen LogP contribution in [0.1, 0.15) is 63.5 Å². The normalized spacial score (nSPS) is 12.4. The molecule has 0 bridgehead atoms. The highest BCUT2D eigenvalue weighted by Gasteiger charge is 2.14. The minimum atomic E-state index is 0.172. The number of nitrogens with one attached hydrogen (secondary N) is 1. The first kappa shape index (κ1) is 15.6. The molecule has 1 aromatic rings. The van der Waals surface area contributed by atoms with Crippen LogP contribution in [0.3, 0.4) is 0 Å². The summed E-state index contributed by atoms with van der Waals surface area (Å²) in [6.45, 7) is 14.3. The lowest BCUT2D eigenvalue weighted by atomic mass is 10.1. The van der Waals surface area contributed by atoms with Crippen LogP contribution in [0.2, 0.25) is 0 Å². The van der Waals surface area contributed by atoms with Crippen molar-refractivity contribution < 1.29 is 0 Å². The molecule has 0 unspecified atom stereocenters. The van der Waals surface area contributed by atoms with Gasteiger partial charge in [-0.1, -0.05) is 27.2 Å². The molecule has 0 aliphatic heterocycles. The van der Waals surface area contributed by atoms with E-state index >= 15 is 0 Å². The summed E-state index contributed by atoms with van der Waals surface area (Å²) < 4.78 is 0. The monoisotopic (exact) mass is 268 g/mol. The first-order valence-electron chi connectivity index (χ1n) is 7.04. The minimum Gasteiger partial charge on any atom is -0.307 e. The van der Waals surface area contributed by atoms with E-state index in [1.54, 1.807) is 0 Å². The number of rotatable bonds is 6. The van der Waals surface area contributed by atoms with Crippen molar-refractivity contribution in [3.05, 3.63) is 15.6 Å². The lowest BCUT2D eigenvalue weighted by Crippen LogP contribution is -2.35. The molecule has 0 amide bonds. The molecule has 1 N–H and O–H groups in total. The molecular weight excluding hydrogens is 240 g/mol. The minimum absolute atomic E-state index is 0.172. The molecule has 0 aromatic carbocycles. The van der Waals surface area contributed by atoms with Crippen LogP contribution < -0.4 is 5.32 Å². The number of aromatic nitrogens is 1. The molecule has 0 saturated heterocycles. The standard InChI is InChI=1S/C15H28N2S/c1-7-8-12-13(10-16-15(4,5)6)18-14(17-12)9-11(2)3/h11,16H,7-10H2,1-6H3. The first-order valence-corrected chi connectivity index (χ1v) is 7.86. The van der Waals surface area contributed by atoms with Crippen molar-refractivity contribution in [2.24, 2.45) is 5.92 Å². The number of thiazole rings is 1. The van der Waals surface area contributed by atoms with Crippen molar-refractivity contribution >= 4 is 11.3 Å². The SMILES string of the molecule is CCCc1nc(CC(C)C)sc1CNC(C)(C)C. The fourth-order valence-electron chi connectivity index (χ4n) is 1.79. The van der Waals surface area contributed by atoms with Gasteiger partial charge < -0.3 is 5.32 Å². The van der Waals surface area contributed by atoms with E-state index in [1.807, 2.05) is 11.3 Å². The van der Waals surface area contributed by atoms with Crippen molar-refractivity contribution in [2.45, 2.75) is 72.9 Å². The summed E-state index contributed by atoms with van der Waals surface area (Å²) in [5.74, 6) is 0.689. The second kappa shape index (κ2) is 6.67. The van der Waals surface area contributed by atoms with Crippen LogP contribution in [-0.2, 0) is 19.4 Å². The van der Waals surface area contributed by atoms with E-state index in [4.69, 9.17) is 4.98 Å². The fourth-order valence-corrected chi connectivity index (χ4v) is 3.06. The third-order valence-corrected chi connectivity index (χ3v) is 3.79. The van der Waals surface area contributed by atoms with Gasteiger partial charge in [0.15, 0.2) is 0 Å². The Kier molecular flexibility index (Phi) is 5.80. The summed E-state index contributed by atoms with van der Waals surface area (Å²) in [6.07, 6.45) is 3.39. The molecule has 3 heteroatoms. The number of hydrogen-bond acceptors (Lipinski definition) is 3. The summed E-state index contributed by atoms with van der Waals surface area (Å²) >= 11 is 1.89. The third-order valence-electron chi connectivity index (χ3n) is 2.67. The molecule has 0 radical (unpaired) electrons. The highest BCUT2D eigenvalue weighted by Crippen LogP contribution is 2.23. The summed E-state index contributed by atoms with van der Waals surface area (Å²) in [6, 6.07) is 0. The Morgan fingerprint density at radius 1 is 1.28 bits per heavy atom. The highest BCUT2D eigenvalue weighted by atomic mass is 32.1. The second-order valence-electron chi connectivity index (χ2n) is 6.43. The molecule has 0 spiro atoms. The molecule has 0 aliphatic rings. The van der Waals surface area contributed by atoms with Gasteiger partial charge in [-0.2, -0.15) is 0 Å². The van der Waals surface area contributed by atoms with Crippen molar-refractivity contribution in [1.29, 1.82) is 0 Å². The predicted molar refractivity (Wildman–Crippen MR) is 81.2 cm³/mol. The zero-order chi connectivity index (χ0) is 13.8. The van der Waals surface area contributed by atoms with Gasteiger partial charge in [0.1, 0.15) is 0 Å². The van der Waals surface area contributed by atoms with E-state index in [2.05, 4.69) is 46.9 Å². The molecule has 0 saturated carbocycles. The zero-order valence-electron chi connectivity index (χ0n) is 12.8. The predicted octanol–water partition coefficient (Wildman–Crippen LogP) is 4.18. The van der Waals surface area contributed by atoms with Gasteiger partial charge in [0.05, 0.1) is 10.7 Å². The maximum absolute atomic E-state index is 4.82. The maximum Gasteiger partial charge on any atom is 0.0934 e. The van der Waals surface area contributed by atoms with Crippen LogP contribution in [0.25, 0.3) is 0 Å². The number of nitrogens with zero attached hydrogens (tertiary/aromatic N) is 1. The van der Waals surface area contributed by atoms with E-state index in [0.29, 0.717) is 5.92 Å². The maximum atomic E-state index is 4.82. The summed E-state index contributed by atoms with van der Waals surface area (Å²) in [5, 5.41) is 4.88. The molecule has 1 aromatic heterocycles. The Bertz CT molecular complexity index is 361. The molecular formula is C15H28N2S. The molecule has 1 heterocycles. The molecule has 0 aliphatic carbocycles. The summed E-state index contributed by atoms with van der Waals surface area (Å²) in [4.78, 5) is 6.25. The van der Waals surface area contributed by atoms with E-state index in [-0.39, 0.29) is 5.54 Å². The van der Waals surface area contributed by atoms with E-state index in [1.165, 1.54) is 22.0 Å². The average molecular weight is 268 g/mol. The van der Waals surface area contributed by atoms with Gasteiger partial charge in [-0.25, -0.2) is 4.98 Å². The van der Waals surface area contributed by atoms with Gasteiger partial charge in [0, 0.05) is 23.4 Å². The Morgan fingerprint density at radius 2 is 1.94 bits per heavy atom. The first-order chi connectivity index (χ1) is 8.31. The molecule has 0 fully saturated rings. The molecule has 2 nitrogen and oxygen atoms in total. The highest BCUT2D eigenvalue weighted by molar-refractivity contribution is 7.11. The Morgan fingerprint density at radius 3 is 2.44 bits per heavy atom. The molecule has 0 atom stereocenters. The quantitative estimate of drug-likeness (QED) is 0.837. The smallest absolute Gasteiger partial charge is 0.0934 e. The zero-order valence-corrected chi connectivity index (χ0v) is 13.6. The topological polar surface area (TPSA) is 24.9 Å². The van der Waals surface area contributed by atoms with E-state index in [0.717, 1.165) is 19.4 Å². The van der Waals surface area contributed by atoms with Crippen molar-refractivity contribution in [1.82, 2.24) is 10.3 Å². The van der Waals surface area contributed by atoms with Gasteiger partial charge in [-0.3, -0.25) is 0 Å². The van der Waals surface area contributed by atoms with Gasteiger partial charge in [-0.05, 0) is 33.1 Å². The largest absolute Gasteiger partial charge is 0.307 e. The van der Waals surface area contributed by atoms with E-state index < -0.39 is 0 Å². The average Bonchev–Trinajstić information content (AvgIpc) is 2.56. The molecule has 104 valence electrons. The Balaban J connectivity index is 2.77. The lowest BCUT2D eigenvalue weighted by Gasteiger charge is -2.20. The Labute approximate surface area is 116 Å². The van der Waals surface area contributed by atoms with Crippen LogP contribution in [0, 0.1) is 5.92 Å². The van der Waals surface area contributed by atoms with Gasteiger partial charge >= 0.3 is 0 Å². The molecule has 18 heavy (non-hydrogen) atoms. The number of hydrogen-bond donors (Lipinski definition) is 1. The Hall–Kier alpha value is -0.410. The van der Waals surface area contributed by atoms with Gasteiger partial charge in [0.25, 0.3) is 0 Å². The van der Waals surface area contributed by atoms with Gasteiger partial charge in [0.2, 0.25) is 0 Å². The van der Waals surface area contributed by atoms with Crippen molar-refractivity contribution in [2.75, 3.05) is 0 Å². The molecule has 1 rings (SSSR count). The fraction of sp³-hybridized carbons (Fsp3) is 0.800. The van der Waals surface area contributed by atoms with Gasteiger partial charge in [-0.15, -0.1) is 11.3 Å². The van der Waals surface area contributed by atoms with Crippen LogP contribution >= 0.6 is 11.3 Å². The van der Waals surface area contributed by atoms with Crippen LogP contribution in [0.15, 0.2) is 0 Å². The summed E-state index contributed by atoms with van der Waals surface area (Å²) in [7, 11) is 0. The second-order valence-corrected chi connectivity index (χ2v) is 7.60. The van der Waals surface area contributed by atoms with Crippen LogP contribution in [-0.4, -0.2) is 10.5 Å². The third kappa shape index (κ3) is 5.49.